The third kappa shape index (κ3) is 1.51. The molecule has 13 heavy (non-hydrogen) atoms. The molecule has 0 radical (unpaired) electrons. The summed E-state index contributed by atoms with van der Waals surface area (Å²) in [4.78, 5) is 15.5. The van der Waals surface area contributed by atoms with E-state index in [0.29, 0.717) is 17.1 Å². The lowest BCUT2D eigenvalue weighted by Gasteiger charge is -2.15. The minimum absolute atomic E-state index is 0.107. The van der Waals surface area contributed by atoms with Crippen LogP contribution in [-0.4, -0.2) is 10.8 Å². The summed E-state index contributed by atoms with van der Waals surface area (Å²) in [7, 11) is 0. The van der Waals surface area contributed by atoms with E-state index in [1.807, 2.05) is 0 Å². The Labute approximate surface area is 89.4 Å². The van der Waals surface area contributed by atoms with Crippen LogP contribution >= 0.6 is 27.5 Å². The van der Waals surface area contributed by atoms with E-state index >= 15 is 0 Å². The Hall–Kier alpha value is -0.410. The highest BCUT2D eigenvalue weighted by Gasteiger charge is 2.21. The molecule has 1 aromatic rings. The number of hydrogen-bond donors (Lipinski definition) is 0. The van der Waals surface area contributed by atoms with Gasteiger partial charge in [-0.2, -0.15) is 0 Å². The summed E-state index contributed by atoms with van der Waals surface area (Å²) in [6.45, 7) is 0. The molecular formula is C9H7BrClNO. The van der Waals surface area contributed by atoms with Gasteiger partial charge in [0.1, 0.15) is 5.69 Å². The number of ketones is 1. The highest BCUT2D eigenvalue weighted by atomic mass is 79.9. The summed E-state index contributed by atoms with van der Waals surface area (Å²) in [5, 5.41) is 0.637. The Kier molecular flexibility index (Phi) is 2.39. The molecule has 0 fully saturated rings. The van der Waals surface area contributed by atoms with E-state index < -0.39 is 0 Å². The van der Waals surface area contributed by atoms with E-state index in [1.54, 1.807) is 6.20 Å². The lowest BCUT2D eigenvalue weighted by atomic mass is 9.95. The average molecular weight is 261 g/mol. The number of hydrogen-bond acceptors (Lipinski definition) is 2. The Balaban J connectivity index is 2.63. The monoisotopic (exact) mass is 259 g/mol. The summed E-state index contributed by atoms with van der Waals surface area (Å²) < 4.78 is 0.766. The van der Waals surface area contributed by atoms with Crippen molar-refractivity contribution < 1.29 is 4.79 Å². The zero-order valence-corrected chi connectivity index (χ0v) is 9.15. The quantitative estimate of drug-likeness (QED) is 0.718. The van der Waals surface area contributed by atoms with Crippen molar-refractivity contribution >= 4 is 33.3 Å². The minimum Gasteiger partial charge on any atom is -0.292 e. The van der Waals surface area contributed by atoms with Crippen molar-refractivity contribution in [3.8, 4) is 0 Å². The van der Waals surface area contributed by atoms with Gasteiger partial charge in [0.25, 0.3) is 0 Å². The first kappa shape index (κ1) is 9.16. The highest BCUT2D eigenvalue weighted by Crippen LogP contribution is 2.31. The van der Waals surface area contributed by atoms with Crippen LogP contribution in [0, 0.1) is 0 Å². The van der Waals surface area contributed by atoms with Crippen LogP contribution < -0.4 is 0 Å². The lowest BCUT2D eigenvalue weighted by molar-refractivity contribution is 0.0967. The van der Waals surface area contributed by atoms with Crippen molar-refractivity contribution in [3.63, 3.8) is 0 Å². The molecule has 1 heterocycles. The molecule has 4 heteroatoms. The fraction of sp³-hybridized carbons (Fsp3) is 0.333. The molecule has 0 unspecified atom stereocenters. The van der Waals surface area contributed by atoms with Crippen molar-refractivity contribution in [2.75, 3.05) is 0 Å². The molecule has 0 saturated carbocycles. The molecule has 0 bridgehead atoms. The van der Waals surface area contributed by atoms with E-state index in [9.17, 15) is 4.79 Å². The van der Waals surface area contributed by atoms with E-state index in [-0.39, 0.29) is 5.78 Å². The van der Waals surface area contributed by atoms with Crippen LogP contribution in [-0.2, 0) is 6.42 Å². The predicted molar refractivity (Wildman–Crippen MR) is 54.2 cm³/mol. The molecule has 1 aliphatic rings. The Morgan fingerprint density at radius 2 is 2.23 bits per heavy atom. The number of rotatable bonds is 0. The summed E-state index contributed by atoms with van der Waals surface area (Å²) in [5.74, 6) is 0.107. The zero-order valence-electron chi connectivity index (χ0n) is 6.81. The van der Waals surface area contributed by atoms with Gasteiger partial charge >= 0.3 is 0 Å². The maximum Gasteiger partial charge on any atom is 0.181 e. The number of aromatic nitrogens is 1. The standard InChI is InChI=1S/C9H7BrClNO/c10-6-4-12-9-5(8(6)11)2-1-3-7(9)13/h4H,1-3H2. The molecular weight excluding hydrogens is 253 g/mol. The fourth-order valence-electron chi connectivity index (χ4n) is 1.52. The van der Waals surface area contributed by atoms with Gasteiger partial charge in [-0.1, -0.05) is 11.6 Å². The number of carbonyl (C=O) groups excluding carboxylic acids is 1. The molecule has 0 amide bonds. The van der Waals surface area contributed by atoms with Crippen molar-refractivity contribution in [3.05, 3.63) is 26.9 Å². The van der Waals surface area contributed by atoms with Gasteiger partial charge < -0.3 is 0 Å². The maximum absolute atomic E-state index is 11.4. The normalized spacial score (nSPS) is 15.7. The van der Waals surface area contributed by atoms with Crippen molar-refractivity contribution in [2.24, 2.45) is 0 Å². The molecule has 1 aromatic heterocycles. The van der Waals surface area contributed by atoms with Crippen LogP contribution in [0.1, 0.15) is 28.9 Å². The molecule has 0 aliphatic heterocycles. The Morgan fingerprint density at radius 3 is 3.00 bits per heavy atom. The number of halogens is 2. The number of nitrogens with zero attached hydrogens (tertiary/aromatic N) is 1. The lowest BCUT2D eigenvalue weighted by Crippen LogP contribution is -2.13. The largest absolute Gasteiger partial charge is 0.292 e. The number of Topliss-reactive ketones (excluding diaryl/α,β-unsaturated/α-hetero) is 1. The van der Waals surface area contributed by atoms with E-state index in [2.05, 4.69) is 20.9 Å². The van der Waals surface area contributed by atoms with Crippen molar-refractivity contribution in [1.29, 1.82) is 0 Å². The summed E-state index contributed by atoms with van der Waals surface area (Å²) >= 11 is 9.33. The van der Waals surface area contributed by atoms with Crippen molar-refractivity contribution in [2.45, 2.75) is 19.3 Å². The van der Waals surface area contributed by atoms with E-state index in [1.165, 1.54) is 0 Å². The molecule has 0 spiro atoms. The first-order valence-corrected chi connectivity index (χ1v) is 5.23. The molecule has 0 atom stereocenters. The van der Waals surface area contributed by atoms with Gasteiger partial charge in [0.05, 0.1) is 9.50 Å². The van der Waals surface area contributed by atoms with Crippen LogP contribution in [0.15, 0.2) is 10.7 Å². The van der Waals surface area contributed by atoms with Crippen LogP contribution in [0.4, 0.5) is 0 Å². The highest BCUT2D eigenvalue weighted by molar-refractivity contribution is 9.10. The zero-order chi connectivity index (χ0) is 9.42. The Morgan fingerprint density at radius 1 is 1.46 bits per heavy atom. The van der Waals surface area contributed by atoms with Crippen molar-refractivity contribution in [1.82, 2.24) is 4.98 Å². The third-order valence-corrected chi connectivity index (χ3v) is 3.42. The van der Waals surface area contributed by atoms with Gasteiger partial charge in [0.15, 0.2) is 5.78 Å². The van der Waals surface area contributed by atoms with Crippen LogP contribution in [0.5, 0.6) is 0 Å². The van der Waals surface area contributed by atoms with Gasteiger partial charge in [-0.3, -0.25) is 9.78 Å². The average Bonchev–Trinajstić information content (AvgIpc) is 2.12. The first-order chi connectivity index (χ1) is 6.20. The minimum atomic E-state index is 0.107. The van der Waals surface area contributed by atoms with E-state index in [4.69, 9.17) is 11.6 Å². The topological polar surface area (TPSA) is 30.0 Å². The van der Waals surface area contributed by atoms with E-state index in [0.717, 1.165) is 22.9 Å². The molecule has 2 rings (SSSR count). The van der Waals surface area contributed by atoms with Gasteiger partial charge in [0.2, 0.25) is 0 Å². The molecule has 1 aliphatic carbocycles. The molecule has 0 N–H and O–H groups in total. The molecule has 2 nitrogen and oxygen atoms in total. The number of fused-ring (bicyclic) bond motifs is 1. The smallest absolute Gasteiger partial charge is 0.181 e. The second-order valence-corrected chi connectivity index (χ2v) is 4.26. The summed E-state index contributed by atoms with van der Waals surface area (Å²) in [5.41, 5.74) is 1.45. The third-order valence-electron chi connectivity index (χ3n) is 2.16. The van der Waals surface area contributed by atoms with Gasteiger partial charge in [-0.25, -0.2) is 0 Å². The SMILES string of the molecule is O=C1CCCc2c1ncc(Br)c2Cl. The maximum atomic E-state index is 11.4. The van der Waals surface area contributed by atoms with Crippen LogP contribution in [0.3, 0.4) is 0 Å². The van der Waals surface area contributed by atoms with Crippen LogP contribution in [0.25, 0.3) is 0 Å². The first-order valence-electron chi connectivity index (χ1n) is 4.06. The van der Waals surface area contributed by atoms with Gasteiger partial charge in [-0.05, 0) is 28.8 Å². The fourth-order valence-corrected chi connectivity index (χ4v) is 2.09. The second-order valence-electron chi connectivity index (χ2n) is 3.02. The molecule has 0 aromatic carbocycles. The van der Waals surface area contributed by atoms with Gasteiger partial charge in [0, 0.05) is 18.2 Å². The Bertz CT molecular complexity index is 378. The summed E-state index contributed by atoms with van der Waals surface area (Å²) in [6, 6.07) is 0. The predicted octanol–water partition coefficient (Wildman–Crippen LogP) is 3.02. The van der Waals surface area contributed by atoms with Gasteiger partial charge in [-0.15, -0.1) is 0 Å². The number of carbonyl (C=O) groups is 1. The summed E-state index contributed by atoms with van der Waals surface area (Å²) in [6.07, 6.45) is 3.92. The number of pyridine rings is 1. The molecule has 0 saturated heterocycles. The second kappa shape index (κ2) is 3.39. The van der Waals surface area contributed by atoms with Crippen LogP contribution in [0.2, 0.25) is 5.02 Å². The molecule has 68 valence electrons.